The topological polar surface area (TPSA) is 86.5 Å². The van der Waals surface area contributed by atoms with Gasteiger partial charge in [0.15, 0.2) is 17.1 Å². The molecule has 148 valence electrons. The van der Waals surface area contributed by atoms with Crippen LogP contribution in [0.4, 0.5) is 5.95 Å². The summed E-state index contributed by atoms with van der Waals surface area (Å²) in [5.74, 6) is 2.62. The number of benzene rings is 1. The van der Waals surface area contributed by atoms with E-state index in [0.717, 1.165) is 28.0 Å². The van der Waals surface area contributed by atoms with Gasteiger partial charge in [-0.3, -0.25) is 4.98 Å². The molecule has 0 unspecified atom stereocenters. The summed E-state index contributed by atoms with van der Waals surface area (Å²) in [6.07, 6.45) is 3.57. The second kappa shape index (κ2) is 7.75. The third-order valence-corrected chi connectivity index (χ3v) is 4.62. The average molecular weight is 390 g/mol. The van der Waals surface area contributed by atoms with Crippen LogP contribution in [0, 0.1) is 13.8 Å². The van der Waals surface area contributed by atoms with Crippen LogP contribution >= 0.6 is 0 Å². The molecular formula is C21H22N6O2. The second-order valence-electron chi connectivity index (χ2n) is 6.57. The predicted molar refractivity (Wildman–Crippen MR) is 110 cm³/mol. The molecule has 0 radical (unpaired) electrons. The van der Waals surface area contributed by atoms with E-state index in [1.807, 2.05) is 50.4 Å². The van der Waals surface area contributed by atoms with Crippen LogP contribution < -0.4 is 14.8 Å². The van der Waals surface area contributed by atoms with E-state index in [9.17, 15) is 0 Å². The SMILES string of the molecule is COc1ccc(-c2c(C)nn3c(NCc4cccnc4)nc(C)nc23)cc1OC. The van der Waals surface area contributed by atoms with E-state index in [-0.39, 0.29) is 0 Å². The normalized spacial score (nSPS) is 10.9. The Balaban J connectivity index is 1.79. The maximum absolute atomic E-state index is 5.46. The molecule has 0 saturated carbocycles. The number of nitrogens with zero attached hydrogens (tertiary/aromatic N) is 5. The molecule has 0 fully saturated rings. The smallest absolute Gasteiger partial charge is 0.227 e. The average Bonchev–Trinajstić information content (AvgIpc) is 3.07. The molecule has 29 heavy (non-hydrogen) atoms. The number of rotatable bonds is 6. The molecule has 0 aliphatic carbocycles. The Hall–Kier alpha value is -3.68. The van der Waals surface area contributed by atoms with Gasteiger partial charge in [-0.2, -0.15) is 14.6 Å². The minimum Gasteiger partial charge on any atom is -0.493 e. The van der Waals surface area contributed by atoms with E-state index in [4.69, 9.17) is 9.47 Å². The third-order valence-electron chi connectivity index (χ3n) is 4.62. The molecule has 0 saturated heterocycles. The predicted octanol–water partition coefficient (Wildman–Crippen LogP) is 3.43. The van der Waals surface area contributed by atoms with E-state index < -0.39 is 0 Å². The number of anilines is 1. The van der Waals surface area contributed by atoms with Gasteiger partial charge in [-0.1, -0.05) is 12.1 Å². The van der Waals surface area contributed by atoms with Gasteiger partial charge < -0.3 is 14.8 Å². The van der Waals surface area contributed by atoms with Crippen LogP contribution in [-0.2, 0) is 6.54 Å². The van der Waals surface area contributed by atoms with E-state index in [1.54, 1.807) is 24.9 Å². The van der Waals surface area contributed by atoms with Gasteiger partial charge in [-0.05, 0) is 43.2 Å². The van der Waals surface area contributed by atoms with Crippen LogP contribution in [0.25, 0.3) is 16.8 Å². The van der Waals surface area contributed by atoms with Crippen molar-refractivity contribution in [2.75, 3.05) is 19.5 Å². The molecule has 0 atom stereocenters. The van der Waals surface area contributed by atoms with Crippen LogP contribution in [0.5, 0.6) is 11.5 Å². The summed E-state index contributed by atoms with van der Waals surface area (Å²) >= 11 is 0. The summed E-state index contributed by atoms with van der Waals surface area (Å²) < 4.78 is 12.6. The number of aromatic nitrogens is 5. The van der Waals surface area contributed by atoms with Crippen molar-refractivity contribution in [1.29, 1.82) is 0 Å². The summed E-state index contributed by atoms with van der Waals surface area (Å²) in [7, 11) is 3.24. The first-order valence-electron chi connectivity index (χ1n) is 9.20. The maximum Gasteiger partial charge on any atom is 0.227 e. The van der Waals surface area contributed by atoms with Crippen molar-refractivity contribution in [3.8, 4) is 22.6 Å². The van der Waals surface area contributed by atoms with E-state index in [1.165, 1.54) is 0 Å². The van der Waals surface area contributed by atoms with Gasteiger partial charge in [0.2, 0.25) is 5.95 Å². The van der Waals surface area contributed by atoms with E-state index in [2.05, 4.69) is 25.4 Å². The molecule has 1 aromatic carbocycles. The fourth-order valence-electron chi connectivity index (χ4n) is 3.27. The van der Waals surface area contributed by atoms with Crippen molar-refractivity contribution in [3.05, 3.63) is 59.8 Å². The zero-order valence-electron chi connectivity index (χ0n) is 16.8. The highest BCUT2D eigenvalue weighted by atomic mass is 16.5. The molecule has 0 aliphatic heterocycles. The monoisotopic (exact) mass is 390 g/mol. The van der Waals surface area contributed by atoms with Gasteiger partial charge in [0, 0.05) is 24.5 Å². The zero-order chi connectivity index (χ0) is 20.4. The van der Waals surface area contributed by atoms with Crippen molar-refractivity contribution >= 4 is 11.6 Å². The first-order chi connectivity index (χ1) is 14.1. The van der Waals surface area contributed by atoms with Crippen LogP contribution in [0.2, 0.25) is 0 Å². The lowest BCUT2D eigenvalue weighted by molar-refractivity contribution is 0.355. The maximum atomic E-state index is 5.46. The number of ether oxygens (including phenoxy) is 2. The van der Waals surface area contributed by atoms with Crippen molar-refractivity contribution in [2.24, 2.45) is 0 Å². The number of methoxy groups -OCH3 is 2. The van der Waals surface area contributed by atoms with E-state index >= 15 is 0 Å². The lowest BCUT2D eigenvalue weighted by Gasteiger charge is -2.10. The molecule has 0 amide bonds. The number of hydrogen-bond donors (Lipinski definition) is 1. The van der Waals surface area contributed by atoms with Crippen molar-refractivity contribution in [2.45, 2.75) is 20.4 Å². The van der Waals surface area contributed by atoms with Crippen LogP contribution in [0.3, 0.4) is 0 Å². The Morgan fingerprint density at radius 2 is 1.86 bits per heavy atom. The highest BCUT2D eigenvalue weighted by molar-refractivity contribution is 5.81. The molecule has 8 nitrogen and oxygen atoms in total. The number of fused-ring (bicyclic) bond motifs is 1. The van der Waals surface area contributed by atoms with Gasteiger partial charge in [0.05, 0.1) is 19.9 Å². The Bertz CT molecular complexity index is 1160. The second-order valence-corrected chi connectivity index (χ2v) is 6.57. The molecular weight excluding hydrogens is 368 g/mol. The number of hydrogen-bond acceptors (Lipinski definition) is 7. The fraction of sp³-hybridized carbons (Fsp3) is 0.238. The first-order valence-corrected chi connectivity index (χ1v) is 9.20. The highest BCUT2D eigenvalue weighted by Crippen LogP contribution is 2.35. The Morgan fingerprint density at radius 3 is 2.59 bits per heavy atom. The lowest BCUT2D eigenvalue weighted by atomic mass is 10.1. The molecule has 0 bridgehead atoms. The largest absolute Gasteiger partial charge is 0.493 e. The summed E-state index contributed by atoms with van der Waals surface area (Å²) in [4.78, 5) is 13.3. The highest BCUT2D eigenvalue weighted by Gasteiger charge is 2.18. The molecule has 8 heteroatoms. The Kier molecular flexibility index (Phi) is 4.99. The zero-order valence-corrected chi connectivity index (χ0v) is 16.8. The Labute approximate surface area is 168 Å². The lowest BCUT2D eigenvalue weighted by Crippen LogP contribution is -2.10. The Morgan fingerprint density at radius 1 is 1.03 bits per heavy atom. The van der Waals surface area contributed by atoms with Crippen LogP contribution in [0.15, 0.2) is 42.7 Å². The molecule has 3 heterocycles. The fourth-order valence-corrected chi connectivity index (χ4v) is 3.27. The summed E-state index contributed by atoms with van der Waals surface area (Å²) in [6.45, 7) is 4.42. The summed E-state index contributed by atoms with van der Waals surface area (Å²) in [6, 6.07) is 9.71. The summed E-state index contributed by atoms with van der Waals surface area (Å²) in [5, 5.41) is 8.02. The molecule has 4 aromatic rings. The van der Waals surface area contributed by atoms with Crippen molar-refractivity contribution < 1.29 is 9.47 Å². The van der Waals surface area contributed by atoms with Crippen molar-refractivity contribution in [1.82, 2.24) is 24.6 Å². The number of nitrogens with one attached hydrogen (secondary N) is 1. The molecule has 4 rings (SSSR count). The third kappa shape index (κ3) is 3.56. The standard InChI is InChI=1S/C21H22N6O2/c1-13-19(16-7-8-17(28-3)18(10-16)29-4)20-24-14(2)25-21(27(20)26-13)23-12-15-6-5-9-22-11-15/h5-11H,12H2,1-4H3,(H,23,24,25). The van der Waals surface area contributed by atoms with Gasteiger partial charge in [0.1, 0.15) is 5.82 Å². The minimum atomic E-state index is 0.587. The van der Waals surface area contributed by atoms with Gasteiger partial charge in [-0.25, -0.2) is 4.98 Å². The number of aryl methyl sites for hydroxylation is 2. The summed E-state index contributed by atoms with van der Waals surface area (Å²) in [5.41, 5.74) is 4.52. The molecule has 0 aliphatic rings. The minimum absolute atomic E-state index is 0.587. The van der Waals surface area contributed by atoms with E-state index in [0.29, 0.717) is 29.8 Å². The van der Waals surface area contributed by atoms with Crippen LogP contribution in [0.1, 0.15) is 17.1 Å². The van der Waals surface area contributed by atoms with Gasteiger partial charge >= 0.3 is 0 Å². The quantitative estimate of drug-likeness (QED) is 0.540. The van der Waals surface area contributed by atoms with Gasteiger partial charge in [0.25, 0.3) is 0 Å². The molecule has 1 N–H and O–H groups in total. The molecule has 3 aromatic heterocycles. The van der Waals surface area contributed by atoms with Gasteiger partial charge in [-0.15, -0.1) is 0 Å². The first kappa shape index (κ1) is 18.7. The number of pyridine rings is 1. The van der Waals surface area contributed by atoms with Crippen molar-refractivity contribution in [3.63, 3.8) is 0 Å². The molecule has 0 spiro atoms. The van der Waals surface area contributed by atoms with Crippen LogP contribution in [-0.4, -0.2) is 38.8 Å².